The van der Waals surface area contributed by atoms with Crippen molar-refractivity contribution in [2.45, 2.75) is 5.75 Å². The van der Waals surface area contributed by atoms with E-state index in [4.69, 9.17) is 16.2 Å². The summed E-state index contributed by atoms with van der Waals surface area (Å²) in [7, 11) is 1.63. The number of rotatable bonds is 8. The van der Waals surface area contributed by atoms with E-state index < -0.39 is 0 Å². The minimum absolute atomic E-state index is 0.363. The minimum Gasteiger partial charge on any atom is -0.383 e. The molecule has 1 heterocycles. The smallest absolute Gasteiger partial charge is 0.195 e. The van der Waals surface area contributed by atoms with Crippen LogP contribution < -0.4 is 16.8 Å². The summed E-state index contributed by atoms with van der Waals surface area (Å²) < 4.78 is 4.89. The Morgan fingerprint density at radius 3 is 3.22 bits per heavy atom. The number of aliphatic imine (C=N–C) groups is 1. The third-order valence-electron chi connectivity index (χ3n) is 1.88. The molecule has 0 aliphatic rings. The lowest BCUT2D eigenvalue weighted by Crippen LogP contribution is -2.23. The molecule has 0 fully saturated rings. The Morgan fingerprint density at radius 1 is 1.67 bits per heavy atom. The predicted octanol–water partition coefficient (Wildman–Crippen LogP) is 0.708. The summed E-state index contributed by atoms with van der Waals surface area (Å²) in [6.07, 6.45) is 0. The number of nitrogens with two attached hydrogens (primary N) is 2. The fourth-order valence-electron chi connectivity index (χ4n) is 1.10. The van der Waals surface area contributed by atoms with Crippen molar-refractivity contribution in [3.63, 3.8) is 0 Å². The zero-order valence-electron chi connectivity index (χ0n) is 10.4. The molecule has 0 saturated carbocycles. The van der Waals surface area contributed by atoms with Crippen molar-refractivity contribution in [1.82, 2.24) is 4.98 Å². The van der Waals surface area contributed by atoms with Gasteiger partial charge >= 0.3 is 0 Å². The third-order valence-corrected chi connectivity index (χ3v) is 3.71. The normalized spacial score (nSPS) is 11.8. The second kappa shape index (κ2) is 9.15. The van der Waals surface area contributed by atoms with Crippen molar-refractivity contribution < 1.29 is 4.74 Å². The van der Waals surface area contributed by atoms with E-state index in [2.05, 4.69) is 15.3 Å². The van der Waals surface area contributed by atoms with E-state index in [0.29, 0.717) is 25.7 Å². The van der Waals surface area contributed by atoms with E-state index >= 15 is 0 Å². The summed E-state index contributed by atoms with van der Waals surface area (Å²) in [6, 6.07) is 0. The molecule has 0 aliphatic heterocycles. The summed E-state index contributed by atoms with van der Waals surface area (Å²) in [6.45, 7) is 1.79. The number of hydrogen-bond donors (Lipinski definition) is 3. The van der Waals surface area contributed by atoms with E-state index in [9.17, 15) is 0 Å². The van der Waals surface area contributed by atoms with Gasteiger partial charge in [-0.3, -0.25) is 4.99 Å². The Balaban J connectivity index is 2.36. The van der Waals surface area contributed by atoms with Crippen LogP contribution in [0.3, 0.4) is 0 Å². The number of nitrogens with zero attached hydrogens (tertiary/aromatic N) is 2. The summed E-state index contributed by atoms with van der Waals surface area (Å²) in [5, 5.41) is 5.73. The van der Waals surface area contributed by atoms with Crippen molar-refractivity contribution in [2.24, 2.45) is 16.5 Å². The number of thioether (sulfide) groups is 1. The maximum atomic E-state index is 5.71. The van der Waals surface area contributed by atoms with Crippen LogP contribution in [0.4, 0.5) is 5.13 Å². The number of anilines is 1. The van der Waals surface area contributed by atoms with Gasteiger partial charge in [-0.25, -0.2) is 4.98 Å². The first-order chi connectivity index (χ1) is 8.76. The molecule has 0 aliphatic carbocycles. The molecule has 0 radical (unpaired) electrons. The Kier molecular flexibility index (Phi) is 7.74. The maximum Gasteiger partial charge on any atom is 0.195 e. The number of hydrogen-bond acceptors (Lipinski definition) is 6. The molecule has 0 unspecified atom stereocenters. The fraction of sp³-hybridized carbons (Fsp3) is 0.600. The van der Waals surface area contributed by atoms with Crippen LogP contribution in [-0.4, -0.2) is 43.5 Å². The fourth-order valence-corrected chi connectivity index (χ4v) is 2.59. The van der Waals surface area contributed by atoms with E-state index in [0.717, 1.165) is 22.3 Å². The molecular weight excluding hydrogens is 270 g/mol. The number of thiazole rings is 1. The van der Waals surface area contributed by atoms with Gasteiger partial charge in [-0.05, 0) is 0 Å². The molecule has 1 aromatic rings. The molecule has 18 heavy (non-hydrogen) atoms. The van der Waals surface area contributed by atoms with Crippen LogP contribution in [0, 0.1) is 0 Å². The standard InChI is InChI=1S/C10H19N5OS2/c1-16-4-3-13-9(12)15-10-14-8(7-18-10)6-17-5-2-11/h7H,2-6,11H2,1H3,(H3,12,13,14,15). The van der Waals surface area contributed by atoms with Gasteiger partial charge in [0.15, 0.2) is 11.1 Å². The quantitative estimate of drug-likeness (QED) is 0.370. The molecule has 8 heteroatoms. The van der Waals surface area contributed by atoms with Gasteiger partial charge < -0.3 is 21.5 Å². The van der Waals surface area contributed by atoms with Gasteiger partial charge in [0, 0.05) is 30.5 Å². The highest BCUT2D eigenvalue weighted by molar-refractivity contribution is 7.98. The number of guanidine groups is 1. The summed E-state index contributed by atoms with van der Waals surface area (Å²) >= 11 is 3.29. The molecular formula is C10H19N5OS2. The van der Waals surface area contributed by atoms with Crippen molar-refractivity contribution in [1.29, 1.82) is 0 Å². The number of nitrogens with one attached hydrogen (secondary N) is 1. The molecule has 1 aromatic heterocycles. The molecule has 0 amide bonds. The maximum absolute atomic E-state index is 5.71. The van der Waals surface area contributed by atoms with Crippen LogP contribution in [0.1, 0.15) is 5.69 Å². The van der Waals surface area contributed by atoms with Gasteiger partial charge in [0.1, 0.15) is 0 Å². The second-order valence-corrected chi connectivity index (χ2v) is 5.33. The third kappa shape index (κ3) is 6.20. The number of aromatic nitrogens is 1. The average molecular weight is 289 g/mol. The molecule has 0 atom stereocenters. The number of methoxy groups -OCH3 is 1. The van der Waals surface area contributed by atoms with Gasteiger partial charge in [0.2, 0.25) is 0 Å². The first-order valence-corrected chi connectivity index (χ1v) is 7.57. The molecule has 0 spiro atoms. The number of ether oxygens (including phenoxy) is 1. The van der Waals surface area contributed by atoms with Crippen LogP contribution in [0.25, 0.3) is 0 Å². The molecule has 5 N–H and O–H groups in total. The van der Waals surface area contributed by atoms with E-state index in [1.165, 1.54) is 11.3 Å². The highest BCUT2D eigenvalue weighted by Crippen LogP contribution is 2.18. The van der Waals surface area contributed by atoms with E-state index in [1.807, 2.05) is 5.38 Å². The lowest BCUT2D eigenvalue weighted by atomic mass is 10.6. The van der Waals surface area contributed by atoms with Crippen molar-refractivity contribution in [2.75, 3.05) is 37.9 Å². The van der Waals surface area contributed by atoms with Gasteiger partial charge in [-0.2, -0.15) is 11.8 Å². The molecule has 1 rings (SSSR count). The monoisotopic (exact) mass is 289 g/mol. The van der Waals surface area contributed by atoms with Crippen LogP contribution >= 0.6 is 23.1 Å². The van der Waals surface area contributed by atoms with E-state index in [1.54, 1.807) is 18.9 Å². The minimum atomic E-state index is 0.363. The van der Waals surface area contributed by atoms with Crippen LogP contribution in [0.2, 0.25) is 0 Å². The largest absolute Gasteiger partial charge is 0.383 e. The van der Waals surface area contributed by atoms with Crippen molar-refractivity contribution >= 4 is 34.2 Å². The first-order valence-electron chi connectivity index (χ1n) is 5.54. The Hall–Kier alpha value is -0.830. The summed E-state index contributed by atoms with van der Waals surface area (Å²) in [5.74, 6) is 2.18. The SMILES string of the molecule is COCC/N=C(/N)Nc1nc(CSCCN)cs1. The lowest BCUT2D eigenvalue weighted by Gasteiger charge is -2.01. The Labute approximate surface area is 115 Å². The lowest BCUT2D eigenvalue weighted by molar-refractivity contribution is 0.208. The van der Waals surface area contributed by atoms with E-state index in [-0.39, 0.29) is 0 Å². The molecule has 6 nitrogen and oxygen atoms in total. The van der Waals surface area contributed by atoms with Gasteiger partial charge in [0.05, 0.1) is 18.8 Å². The zero-order valence-corrected chi connectivity index (χ0v) is 12.0. The summed E-state index contributed by atoms with van der Waals surface area (Å²) in [5.41, 5.74) is 12.2. The van der Waals surface area contributed by atoms with Crippen LogP contribution in [0.5, 0.6) is 0 Å². The zero-order chi connectivity index (χ0) is 13.2. The Morgan fingerprint density at radius 2 is 2.50 bits per heavy atom. The van der Waals surface area contributed by atoms with Gasteiger partial charge in [-0.15, -0.1) is 11.3 Å². The Bertz CT molecular complexity index is 369. The van der Waals surface area contributed by atoms with Crippen LogP contribution in [-0.2, 0) is 10.5 Å². The molecule has 102 valence electrons. The predicted molar refractivity (Wildman–Crippen MR) is 79.3 cm³/mol. The first kappa shape index (κ1) is 15.2. The van der Waals surface area contributed by atoms with Crippen molar-refractivity contribution in [3.05, 3.63) is 11.1 Å². The van der Waals surface area contributed by atoms with Gasteiger partial charge in [-0.1, -0.05) is 0 Å². The average Bonchev–Trinajstić information content (AvgIpc) is 2.77. The highest BCUT2D eigenvalue weighted by atomic mass is 32.2. The van der Waals surface area contributed by atoms with Gasteiger partial charge in [0.25, 0.3) is 0 Å². The molecule has 0 bridgehead atoms. The highest BCUT2D eigenvalue weighted by Gasteiger charge is 2.02. The molecule has 0 aromatic carbocycles. The molecule has 0 saturated heterocycles. The van der Waals surface area contributed by atoms with Crippen LogP contribution in [0.15, 0.2) is 10.4 Å². The second-order valence-electron chi connectivity index (χ2n) is 3.37. The topological polar surface area (TPSA) is 98.5 Å². The summed E-state index contributed by atoms with van der Waals surface area (Å²) in [4.78, 5) is 8.50. The van der Waals surface area contributed by atoms with Crippen molar-refractivity contribution in [3.8, 4) is 0 Å².